The van der Waals surface area contributed by atoms with E-state index in [0.29, 0.717) is 59.8 Å². The summed E-state index contributed by atoms with van der Waals surface area (Å²) in [4.78, 5) is 55.3. The molecule has 0 aliphatic carbocycles. The number of amides is 2. The summed E-state index contributed by atoms with van der Waals surface area (Å²) < 4.78 is 43.5. The van der Waals surface area contributed by atoms with Crippen molar-refractivity contribution in [3.63, 3.8) is 0 Å². The SMILES string of the molecule is COC(=O)[C@H](CNC(=O)c1cn(C)c2cc(CNc3nccn3C)ccc2c1=O)NS(=O)(=O)c1c(C)cc(OCCCC(=O)NCCN)cc1C. The number of hydrogen-bond acceptors (Lipinski definition) is 11. The molecule has 2 amide bonds. The van der Waals surface area contributed by atoms with Crippen LogP contribution in [-0.4, -0.2) is 79.7 Å². The molecule has 16 nitrogen and oxygen atoms in total. The second-order valence-corrected chi connectivity index (χ2v) is 13.6. The highest BCUT2D eigenvalue weighted by Crippen LogP contribution is 2.26. The second-order valence-electron chi connectivity index (χ2n) is 11.9. The molecular weight excluding hydrogens is 680 g/mol. The van der Waals surface area contributed by atoms with Crippen LogP contribution in [0.2, 0.25) is 0 Å². The minimum Gasteiger partial charge on any atom is -0.494 e. The van der Waals surface area contributed by atoms with E-state index in [4.69, 9.17) is 15.2 Å². The van der Waals surface area contributed by atoms with Crippen LogP contribution in [0.4, 0.5) is 5.95 Å². The van der Waals surface area contributed by atoms with Gasteiger partial charge in [0.1, 0.15) is 17.4 Å². The molecule has 17 heteroatoms. The van der Waals surface area contributed by atoms with E-state index in [0.717, 1.165) is 12.7 Å². The van der Waals surface area contributed by atoms with Gasteiger partial charge in [0.25, 0.3) is 5.91 Å². The van der Waals surface area contributed by atoms with E-state index in [1.165, 1.54) is 6.20 Å². The summed E-state index contributed by atoms with van der Waals surface area (Å²) in [7, 11) is 0.341. The first kappa shape index (κ1) is 38.5. The van der Waals surface area contributed by atoms with Crippen LogP contribution >= 0.6 is 0 Å². The number of sulfonamides is 1. The number of carbonyl (C=O) groups excluding carboxylic acids is 3. The third-order valence-electron chi connectivity index (χ3n) is 8.01. The number of ether oxygens (including phenoxy) is 2. The van der Waals surface area contributed by atoms with E-state index < -0.39 is 39.9 Å². The highest BCUT2D eigenvalue weighted by atomic mass is 32.2. The Bertz CT molecular complexity index is 2050. The monoisotopic (exact) mass is 724 g/mol. The third kappa shape index (κ3) is 9.71. The molecule has 0 aliphatic rings. The summed E-state index contributed by atoms with van der Waals surface area (Å²) in [5.41, 5.74) is 6.86. The van der Waals surface area contributed by atoms with Crippen LogP contribution < -0.4 is 36.6 Å². The molecule has 0 fully saturated rings. The zero-order chi connectivity index (χ0) is 37.3. The number of nitrogens with zero attached hydrogens (tertiary/aromatic N) is 3. The Morgan fingerprint density at radius 2 is 1.76 bits per heavy atom. The number of methoxy groups -OCH3 is 1. The lowest BCUT2D eigenvalue weighted by Crippen LogP contribution is -2.49. The predicted octanol–water partition coefficient (Wildman–Crippen LogP) is 0.985. The molecule has 2 aromatic heterocycles. The van der Waals surface area contributed by atoms with Gasteiger partial charge in [0, 0.05) is 70.7 Å². The summed E-state index contributed by atoms with van der Waals surface area (Å²) in [6, 6.07) is 6.82. The fraction of sp³-hybridized carbons (Fsp3) is 0.382. The van der Waals surface area contributed by atoms with Gasteiger partial charge in [-0.25, -0.2) is 13.4 Å². The van der Waals surface area contributed by atoms with Crippen molar-refractivity contribution in [3.05, 3.63) is 81.4 Å². The lowest BCUT2D eigenvalue weighted by Gasteiger charge is -2.20. The van der Waals surface area contributed by atoms with Crippen molar-refractivity contribution in [3.8, 4) is 5.75 Å². The van der Waals surface area contributed by atoms with Gasteiger partial charge < -0.3 is 40.3 Å². The maximum Gasteiger partial charge on any atom is 0.325 e. The topological polar surface area (TPSA) is 218 Å². The van der Waals surface area contributed by atoms with Gasteiger partial charge in [0.05, 0.1) is 24.1 Å². The number of nitrogens with two attached hydrogens (primary N) is 1. The first-order chi connectivity index (χ1) is 24.2. The van der Waals surface area contributed by atoms with Crippen LogP contribution in [0.5, 0.6) is 5.75 Å². The van der Waals surface area contributed by atoms with Crippen molar-refractivity contribution in [2.45, 2.75) is 44.2 Å². The molecule has 1 atom stereocenters. The molecule has 274 valence electrons. The van der Waals surface area contributed by atoms with Crippen molar-refractivity contribution in [1.29, 1.82) is 0 Å². The number of fused-ring (bicyclic) bond motifs is 1. The van der Waals surface area contributed by atoms with E-state index >= 15 is 0 Å². The maximum atomic E-state index is 13.6. The van der Waals surface area contributed by atoms with Gasteiger partial charge in [-0.05, 0) is 61.2 Å². The molecule has 2 aromatic carbocycles. The van der Waals surface area contributed by atoms with Gasteiger partial charge in [-0.15, -0.1) is 0 Å². The lowest BCUT2D eigenvalue weighted by atomic mass is 10.1. The van der Waals surface area contributed by atoms with Gasteiger partial charge in [-0.1, -0.05) is 6.07 Å². The number of aromatic nitrogens is 3. The van der Waals surface area contributed by atoms with Crippen LogP contribution in [0, 0.1) is 13.8 Å². The first-order valence-electron chi connectivity index (χ1n) is 16.2. The number of hydrogen-bond donors (Lipinski definition) is 5. The lowest BCUT2D eigenvalue weighted by molar-refractivity contribution is -0.142. The molecule has 0 saturated carbocycles. The van der Waals surface area contributed by atoms with Crippen LogP contribution in [-0.2, 0) is 45.0 Å². The molecule has 0 saturated heterocycles. The zero-order valence-corrected chi connectivity index (χ0v) is 30.1. The average molecular weight is 725 g/mol. The molecule has 0 spiro atoms. The smallest absolute Gasteiger partial charge is 0.325 e. The minimum absolute atomic E-state index is 0.0749. The van der Waals surface area contributed by atoms with Crippen LogP contribution in [0.25, 0.3) is 10.9 Å². The molecular formula is C34H44N8O8S. The Morgan fingerprint density at radius 3 is 2.41 bits per heavy atom. The molecule has 0 unspecified atom stereocenters. The average Bonchev–Trinajstić information content (AvgIpc) is 3.51. The van der Waals surface area contributed by atoms with Gasteiger partial charge in [-0.2, -0.15) is 4.72 Å². The van der Waals surface area contributed by atoms with Gasteiger partial charge in [-0.3, -0.25) is 19.2 Å². The summed E-state index contributed by atoms with van der Waals surface area (Å²) in [5.74, 6) is -0.775. The minimum atomic E-state index is -4.32. The zero-order valence-electron chi connectivity index (χ0n) is 29.2. The van der Waals surface area contributed by atoms with Crippen LogP contribution in [0.15, 0.2) is 58.6 Å². The molecule has 4 rings (SSSR count). The largest absolute Gasteiger partial charge is 0.494 e. The van der Waals surface area contributed by atoms with E-state index in [-0.39, 0.29) is 29.4 Å². The highest BCUT2D eigenvalue weighted by Gasteiger charge is 2.30. The third-order valence-corrected chi connectivity index (χ3v) is 9.78. The number of anilines is 1. The van der Waals surface area contributed by atoms with E-state index in [2.05, 4.69) is 25.7 Å². The van der Waals surface area contributed by atoms with Crippen molar-refractivity contribution in [2.24, 2.45) is 19.8 Å². The number of benzene rings is 2. The molecule has 0 radical (unpaired) electrons. The standard InChI is InChI=1S/C34H44N8O8S/c1-21-15-24(50-14-6-7-29(43)36-11-10-35)16-22(2)31(21)51(47,48)40-27(33(46)49-5)19-38-32(45)26-20-42(4)28-17-23(8-9-25(28)30(26)44)18-39-34-37-12-13-41(34)3/h8-9,12-13,15-17,20,27,40H,6-7,10-11,14,18-19,35H2,1-5H3,(H,36,43)(H,37,39)(H,38,45)/t27-/m0/s1. The van der Waals surface area contributed by atoms with Crippen LogP contribution in [0.3, 0.4) is 0 Å². The number of nitrogens with one attached hydrogen (secondary N) is 4. The molecule has 0 aliphatic heterocycles. The fourth-order valence-electron chi connectivity index (χ4n) is 5.51. The number of esters is 1. The molecule has 4 aromatic rings. The van der Waals surface area contributed by atoms with E-state index in [9.17, 15) is 27.6 Å². The molecule has 6 N–H and O–H groups in total. The highest BCUT2D eigenvalue weighted by molar-refractivity contribution is 7.89. The number of rotatable bonds is 17. The van der Waals surface area contributed by atoms with Crippen molar-refractivity contribution in [2.75, 3.05) is 38.7 Å². The van der Waals surface area contributed by atoms with Gasteiger partial charge >= 0.3 is 5.97 Å². The summed E-state index contributed by atoms with van der Waals surface area (Å²) in [6.07, 6.45) is 5.58. The number of aryl methyl sites for hydroxylation is 4. The predicted molar refractivity (Wildman–Crippen MR) is 191 cm³/mol. The Morgan fingerprint density at radius 1 is 1.04 bits per heavy atom. The Labute approximate surface area is 295 Å². The van der Waals surface area contributed by atoms with Gasteiger partial charge in [0.2, 0.25) is 27.3 Å². The Kier molecular flexibility index (Phi) is 12.9. The Hall–Kier alpha value is -5.26. The normalized spacial score (nSPS) is 12.0. The van der Waals surface area contributed by atoms with E-state index in [1.54, 1.807) is 55.9 Å². The first-order valence-corrected chi connectivity index (χ1v) is 17.7. The summed E-state index contributed by atoms with van der Waals surface area (Å²) in [6.45, 7) is 4.09. The van der Waals surface area contributed by atoms with Crippen molar-refractivity contribution >= 4 is 44.7 Å². The van der Waals surface area contributed by atoms with Gasteiger partial charge in [0.15, 0.2) is 0 Å². The van der Waals surface area contributed by atoms with Crippen molar-refractivity contribution in [1.82, 2.24) is 29.5 Å². The van der Waals surface area contributed by atoms with Crippen LogP contribution in [0.1, 0.15) is 39.9 Å². The summed E-state index contributed by atoms with van der Waals surface area (Å²) >= 11 is 0. The Balaban J connectivity index is 1.44. The molecule has 51 heavy (non-hydrogen) atoms. The second kappa shape index (κ2) is 17.1. The number of imidazole rings is 1. The molecule has 0 bridgehead atoms. The van der Waals surface area contributed by atoms with Crippen molar-refractivity contribution < 1.29 is 32.3 Å². The number of pyridine rings is 1. The fourth-order valence-corrected chi connectivity index (χ4v) is 7.15. The maximum absolute atomic E-state index is 13.6. The quantitative estimate of drug-likeness (QED) is 0.0764. The van der Waals surface area contributed by atoms with E-state index in [1.807, 2.05) is 23.9 Å². The molecule has 2 heterocycles. The number of carbonyl (C=O) groups is 3. The summed E-state index contributed by atoms with van der Waals surface area (Å²) in [5, 5.41) is 8.72.